The number of benzene rings is 3. The highest BCUT2D eigenvalue weighted by Crippen LogP contribution is 2.41. The topological polar surface area (TPSA) is 27.1 Å². The second-order valence-corrected chi connectivity index (χ2v) is 6.61. The molecule has 0 fully saturated rings. The molecular formula is C24H21FN2O. The lowest BCUT2D eigenvalue weighted by Crippen LogP contribution is -2.38. The molecule has 0 aliphatic rings. The molecule has 4 rings (SSSR count). The zero-order valence-electron chi connectivity index (χ0n) is 15.6. The van der Waals surface area contributed by atoms with Crippen molar-refractivity contribution in [1.82, 2.24) is 9.55 Å². The van der Waals surface area contributed by atoms with Gasteiger partial charge in [-0.1, -0.05) is 91.0 Å². The first kappa shape index (κ1) is 18.1. The zero-order valence-corrected chi connectivity index (χ0v) is 15.6. The number of nitrogens with zero attached hydrogens (tertiary/aromatic N) is 2. The van der Waals surface area contributed by atoms with Crippen LogP contribution in [-0.4, -0.2) is 16.7 Å². The fraction of sp³-hybridized carbons (Fsp3) is 0.125. The summed E-state index contributed by atoms with van der Waals surface area (Å²) >= 11 is 0. The third-order valence-corrected chi connectivity index (χ3v) is 4.94. The lowest BCUT2D eigenvalue weighted by Gasteiger charge is -2.37. The van der Waals surface area contributed by atoms with Gasteiger partial charge >= 0.3 is 0 Å². The van der Waals surface area contributed by atoms with Gasteiger partial charge in [-0.2, -0.15) is 4.39 Å². The Bertz CT molecular complexity index is 934. The Balaban J connectivity index is 2.11. The van der Waals surface area contributed by atoms with Gasteiger partial charge in [0.2, 0.25) is 0 Å². The van der Waals surface area contributed by atoms with Crippen LogP contribution in [0.5, 0.6) is 0 Å². The number of methoxy groups -OCH3 is 1. The number of rotatable bonds is 6. The molecule has 1 aromatic heterocycles. The third-order valence-electron chi connectivity index (χ3n) is 4.94. The second kappa shape index (κ2) is 7.79. The lowest BCUT2D eigenvalue weighted by atomic mass is 9.76. The highest BCUT2D eigenvalue weighted by Gasteiger charge is 2.40. The van der Waals surface area contributed by atoms with Crippen LogP contribution in [0.3, 0.4) is 0 Å². The number of hydrogen-bond donors (Lipinski definition) is 0. The van der Waals surface area contributed by atoms with Crippen LogP contribution in [0, 0.1) is 6.08 Å². The number of hydrogen-bond acceptors (Lipinski definition) is 2. The molecule has 3 aromatic carbocycles. The molecule has 0 amide bonds. The van der Waals surface area contributed by atoms with E-state index in [4.69, 9.17) is 4.74 Å². The van der Waals surface area contributed by atoms with Crippen molar-refractivity contribution in [3.63, 3.8) is 0 Å². The Morgan fingerprint density at radius 1 is 0.786 bits per heavy atom. The molecule has 3 nitrogen and oxygen atoms in total. The summed E-state index contributed by atoms with van der Waals surface area (Å²) < 4.78 is 22.1. The van der Waals surface area contributed by atoms with Crippen molar-refractivity contribution in [2.24, 2.45) is 0 Å². The highest BCUT2D eigenvalue weighted by atomic mass is 19.1. The minimum absolute atomic E-state index is 0.248. The molecule has 0 aliphatic heterocycles. The number of halogens is 1. The molecule has 0 radical (unpaired) electrons. The predicted molar refractivity (Wildman–Crippen MR) is 108 cm³/mol. The molecule has 1 heterocycles. The van der Waals surface area contributed by atoms with Gasteiger partial charge in [0.15, 0.2) is 0 Å². The monoisotopic (exact) mass is 372 g/mol. The average molecular weight is 372 g/mol. The van der Waals surface area contributed by atoms with Crippen LogP contribution in [-0.2, 0) is 16.9 Å². The van der Waals surface area contributed by atoms with Gasteiger partial charge < -0.3 is 4.74 Å². The van der Waals surface area contributed by atoms with Gasteiger partial charge in [-0.15, -0.1) is 0 Å². The van der Waals surface area contributed by atoms with E-state index >= 15 is 4.39 Å². The second-order valence-electron chi connectivity index (χ2n) is 6.61. The molecule has 28 heavy (non-hydrogen) atoms. The van der Waals surface area contributed by atoms with Crippen LogP contribution in [0.15, 0.2) is 97.2 Å². The molecule has 0 saturated carbocycles. The number of ether oxygens (including phenoxy) is 1. The molecule has 0 unspecified atom stereocenters. The normalized spacial score (nSPS) is 11.5. The van der Waals surface area contributed by atoms with Crippen molar-refractivity contribution in [2.45, 2.75) is 12.1 Å². The fourth-order valence-electron chi connectivity index (χ4n) is 3.81. The van der Waals surface area contributed by atoms with Crippen molar-refractivity contribution < 1.29 is 9.13 Å². The SMILES string of the molecule is COCc1cn(C(c2ccccc2)(c2ccccc2)c2ccccc2)c(F)n1. The maximum absolute atomic E-state index is 15.3. The summed E-state index contributed by atoms with van der Waals surface area (Å²) in [4.78, 5) is 4.11. The summed E-state index contributed by atoms with van der Waals surface area (Å²) in [7, 11) is 1.58. The van der Waals surface area contributed by atoms with Gasteiger partial charge in [0.05, 0.1) is 12.3 Å². The van der Waals surface area contributed by atoms with Crippen LogP contribution in [0.25, 0.3) is 0 Å². The Hall–Kier alpha value is -3.24. The van der Waals surface area contributed by atoms with E-state index in [0.29, 0.717) is 5.69 Å². The quantitative estimate of drug-likeness (QED) is 0.445. The maximum atomic E-state index is 15.3. The largest absolute Gasteiger partial charge is 0.378 e. The predicted octanol–water partition coefficient (Wildman–Crippen LogP) is 5.01. The summed E-state index contributed by atoms with van der Waals surface area (Å²) in [6.07, 6.45) is 1.19. The smallest absolute Gasteiger partial charge is 0.290 e. The van der Waals surface area contributed by atoms with E-state index in [0.717, 1.165) is 16.7 Å². The first-order valence-electron chi connectivity index (χ1n) is 9.16. The zero-order chi connectivity index (χ0) is 19.4. The first-order valence-corrected chi connectivity index (χ1v) is 9.16. The molecule has 4 heteroatoms. The number of imidazole rings is 1. The first-order chi connectivity index (χ1) is 13.8. The van der Waals surface area contributed by atoms with E-state index < -0.39 is 11.6 Å². The Labute approximate surface area is 164 Å². The van der Waals surface area contributed by atoms with Gasteiger partial charge in [0.1, 0.15) is 5.54 Å². The van der Waals surface area contributed by atoms with E-state index in [1.807, 2.05) is 91.0 Å². The van der Waals surface area contributed by atoms with E-state index in [-0.39, 0.29) is 6.61 Å². The van der Waals surface area contributed by atoms with Crippen LogP contribution < -0.4 is 0 Å². The standard InChI is InChI=1S/C24H21FN2O/c1-28-18-22-17-27(23(25)26-22)24(19-11-5-2-6-12-19,20-13-7-3-8-14-20)21-15-9-4-10-16-21/h2-17H,18H2,1H3. The average Bonchev–Trinajstić information content (AvgIpc) is 3.12. The van der Waals surface area contributed by atoms with Gasteiger partial charge in [0.25, 0.3) is 6.08 Å². The Morgan fingerprint density at radius 3 is 1.61 bits per heavy atom. The summed E-state index contributed by atoms with van der Waals surface area (Å²) in [5.41, 5.74) is 2.51. The Kier molecular flexibility index (Phi) is 5.04. The molecule has 0 saturated heterocycles. The fourth-order valence-corrected chi connectivity index (χ4v) is 3.81. The molecule has 0 bridgehead atoms. The lowest BCUT2D eigenvalue weighted by molar-refractivity contribution is 0.181. The summed E-state index contributed by atoms with van der Waals surface area (Å²) in [5, 5.41) is 0. The van der Waals surface area contributed by atoms with Gasteiger partial charge in [0, 0.05) is 13.3 Å². The number of aromatic nitrogens is 2. The van der Waals surface area contributed by atoms with E-state index in [9.17, 15) is 0 Å². The van der Waals surface area contributed by atoms with Crippen LogP contribution in [0.4, 0.5) is 4.39 Å². The van der Waals surface area contributed by atoms with Gasteiger partial charge in [-0.25, -0.2) is 4.98 Å². The molecule has 0 spiro atoms. The van der Waals surface area contributed by atoms with Crippen molar-refractivity contribution in [2.75, 3.05) is 7.11 Å². The molecule has 0 atom stereocenters. The third kappa shape index (κ3) is 3.02. The van der Waals surface area contributed by atoms with E-state index in [1.165, 1.54) is 0 Å². The molecule has 4 aromatic rings. The van der Waals surface area contributed by atoms with Crippen molar-refractivity contribution >= 4 is 0 Å². The maximum Gasteiger partial charge on any atom is 0.290 e. The van der Waals surface area contributed by atoms with Crippen LogP contribution >= 0.6 is 0 Å². The van der Waals surface area contributed by atoms with E-state index in [1.54, 1.807) is 17.9 Å². The minimum atomic E-state index is -0.896. The van der Waals surface area contributed by atoms with E-state index in [2.05, 4.69) is 4.98 Å². The van der Waals surface area contributed by atoms with Crippen LogP contribution in [0.2, 0.25) is 0 Å². The molecule has 140 valence electrons. The summed E-state index contributed by atoms with van der Waals surface area (Å²) in [6.45, 7) is 0.248. The van der Waals surface area contributed by atoms with Crippen LogP contribution in [0.1, 0.15) is 22.4 Å². The minimum Gasteiger partial charge on any atom is -0.378 e. The molecule has 0 aliphatic carbocycles. The van der Waals surface area contributed by atoms with Crippen molar-refractivity contribution in [3.8, 4) is 0 Å². The van der Waals surface area contributed by atoms with Gasteiger partial charge in [-0.05, 0) is 16.7 Å². The summed E-state index contributed by atoms with van der Waals surface area (Å²) in [5.74, 6) is 0. The van der Waals surface area contributed by atoms with Crippen molar-refractivity contribution in [1.29, 1.82) is 0 Å². The highest BCUT2D eigenvalue weighted by molar-refractivity contribution is 5.50. The van der Waals surface area contributed by atoms with Crippen molar-refractivity contribution in [3.05, 3.63) is 126 Å². The van der Waals surface area contributed by atoms with Gasteiger partial charge in [-0.3, -0.25) is 4.57 Å². The molecule has 0 N–H and O–H groups in total. The summed E-state index contributed by atoms with van der Waals surface area (Å²) in [6, 6.07) is 29.9. The Morgan fingerprint density at radius 2 is 1.21 bits per heavy atom. The molecular weight excluding hydrogens is 351 g/mol.